The predicted molar refractivity (Wildman–Crippen MR) is 142 cm³/mol. The van der Waals surface area contributed by atoms with Crippen LogP contribution in [0.1, 0.15) is 36.9 Å². The van der Waals surface area contributed by atoms with Crippen molar-refractivity contribution >= 4 is 45.2 Å². The van der Waals surface area contributed by atoms with E-state index in [1.165, 1.54) is 6.33 Å². The van der Waals surface area contributed by atoms with E-state index in [-0.39, 0.29) is 6.04 Å². The number of nitrogens with zero attached hydrogens (tertiary/aromatic N) is 5. The molecule has 1 saturated heterocycles. The molecule has 0 amide bonds. The Morgan fingerprint density at radius 1 is 1.03 bits per heavy atom. The smallest absolute Gasteiger partial charge is 0.162 e. The van der Waals surface area contributed by atoms with Crippen molar-refractivity contribution in [2.24, 2.45) is 0 Å². The first-order valence-corrected chi connectivity index (χ1v) is 12.4. The predicted octanol–water partition coefficient (Wildman–Crippen LogP) is 5.22. The summed E-state index contributed by atoms with van der Waals surface area (Å²) in [6, 6.07) is 15.7. The van der Waals surface area contributed by atoms with E-state index >= 15 is 0 Å². The van der Waals surface area contributed by atoms with Crippen molar-refractivity contribution in [1.82, 2.24) is 24.9 Å². The number of aliphatic hydroxyl groups is 1. The fourth-order valence-corrected chi connectivity index (χ4v) is 5.43. The number of fused-ring (bicyclic) bond motifs is 2. The van der Waals surface area contributed by atoms with Crippen LogP contribution < -0.4 is 10.2 Å². The third kappa shape index (κ3) is 3.92. The molecule has 3 N–H and O–H groups in total. The highest BCUT2D eigenvalue weighted by molar-refractivity contribution is 6.36. The number of nitrogens with one attached hydrogen (secondary N) is 2. The number of piperidine rings is 1. The normalized spacial score (nSPS) is 16.4. The minimum Gasteiger partial charge on any atom is -0.385 e. The lowest BCUT2D eigenvalue weighted by atomic mass is 9.84. The third-order valence-electron chi connectivity index (χ3n) is 7.10. The van der Waals surface area contributed by atoms with Crippen LogP contribution in [0.5, 0.6) is 0 Å². The first-order chi connectivity index (χ1) is 17.5. The summed E-state index contributed by atoms with van der Waals surface area (Å²) in [5, 5.41) is 16.5. The number of aromatic amines is 1. The summed E-state index contributed by atoms with van der Waals surface area (Å²) in [4.78, 5) is 23.1. The molecule has 182 valence electrons. The number of imidazole rings is 1. The Morgan fingerprint density at radius 3 is 2.64 bits per heavy atom. The maximum Gasteiger partial charge on any atom is 0.162 e. The zero-order chi connectivity index (χ0) is 24.7. The zero-order valence-corrected chi connectivity index (χ0v) is 20.6. The second kappa shape index (κ2) is 9.04. The lowest BCUT2D eigenvalue weighted by Gasteiger charge is -2.41. The number of anilines is 2. The lowest BCUT2D eigenvalue weighted by Crippen LogP contribution is -2.43. The number of halogens is 1. The first-order valence-electron chi connectivity index (χ1n) is 12.0. The van der Waals surface area contributed by atoms with E-state index < -0.39 is 5.60 Å². The van der Waals surface area contributed by atoms with Crippen molar-refractivity contribution in [2.45, 2.75) is 31.4 Å². The van der Waals surface area contributed by atoms with E-state index in [1.54, 1.807) is 12.5 Å². The topological polar surface area (TPSA) is 103 Å². The molecule has 9 heteroatoms. The van der Waals surface area contributed by atoms with Gasteiger partial charge in [0.1, 0.15) is 11.8 Å². The molecule has 0 aliphatic carbocycles. The van der Waals surface area contributed by atoms with Gasteiger partial charge in [-0.3, -0.25) is 4.98 Å². The van der Waals surface area contributed by atoms with Gasteiger partial charge in [0.15, 0.2) is 11.5 Å². The van der Waals surface area contributed by atoms with Gasteiger partial charge < -0.3 is 20.3 Å². The Kier molecular flexibility index (Phi) is 5.70. The zero-order valence-electron chi connectivity index (χ0n) is 19.8. The summed E-state index contributed by atoms with van der Waals surface area (Å²) in [7, 11) is 0. The fraction of sp³-hybridized carbons (Fsp3) is 0.259. The molecule has 0 spiro atoms. The van der Waals surface area contributed by atoms with Gasteiger partial charge in [0, 0.05) is 30.2 Å². The minimum atomic E-state index is -0.843. The fourth-order valence-electron chi connectivity index (χ4n) is 5.16. The number of H-pyrrole nitrogens is 1. The number of benzene rings is 2. The highest BCUT2D eigenvalue weighted by Gasteiger charge is 2.35. The molecule has 0 saturated carbocycles. The SMILES string of the molecule is CC(Nc1ncnc2[nH]cnc12)c1cc(Cl)c2cccnc2c1N1CCC(O)(c2ccccc2)CC1. The van der Waals surface area contributed by atoms with Gasteiger partial charge >= 0.3 is 0 Å². The second-order valence-corrected chi connectivity index (χ2v) is 9.68. The summed E-state index contributed by atoms with van der Waals surface area (Å²) >= 11 is 6.75. The Hall–Kier alpha value is -3.75. The van der Waals surface area contributed by atoms with Crippen molar-refractivity contribution in [1.29, 1.82) is 0 Å². The van der Waals surface area contributed by atoms with Crippen LogP contribution in [-0.2, 0) is 5.60 Å². The first kappa shape index (κ1) is 22.7. The van der Waals surface area contributed by atoms with Crippen molar-refractivity contribution in [2.75, 3.05) is 23.3 Å². The van der Waals surface area contributed by atoms with Crippen LogP contribution in [0, 0.1) is 0 Å². The van der Waals surface area contributed by atoms with E-state index in [0.717, 1.165) is 27.7 Å². The average molecular weight is 500 g/mol. The molecule has 0 bridgehead atoms. The number of pyridine rings is 1. The van der Waals surface area contributed by atoms with Gasteiger partial charge in [0.2, 0.25) is 0 Å². The number of hydrogen-bond donors (Lipinski definition) is 3. The molecule has 36 heavy (non-hydrogen) atoms. The van der Waals surface area contributed by atoms with E-state index in [4.69, 9.17) is 16.6 Å². The Morgan fingerprint density at radius 2 is 1.83 bits per heavy atom. The van der Waals surface area contributed by atoms with Crippen molar-refractivity contribution in [3.8, 4) is 0 Å². The van der Waals surface area contributed by atoms with E-state index in [2.05, 4.69) is 37.1 Å². The molecule has 0 radical (unpaired) electrons. The maximum absolute atomic E-state index is 11.4. The van der Waals surface area contributed by atoms with Gasteiger partial charge in [-0.25, -0.2) is 15.0 Å². The summed E-state index contributed by atoms with van der Waals surface area (Å²) in [6.45, 7) is 3.46. The summed E-state index contributed by atoms with van der Waals surface area (Å²) in [5.41, 5.74) is 4.37. The average Bonchev–Trinajstić information content (AvgIpc) is 3.40. The molecule has 5 aromatic rings. The summed E-state index contributed by atoms with van der Waals surface area (Å²) in [6.07, 6.45) is 6.16. The highest BCUT2D eigenvalue weighted by Crippen LogP contribution is 2.42. The Labute approximate surface area is 213 Å². The van der Waals surface area contributed by atoms with Crippen LogP contribution in [0.2, 0.25) is 5.02 Å². The molecule has 1 fully saturated rings. The van der Waals surface area contributed by atoms with Gasteiger partial charge in [-0.1, -0.05) is 41.9 Å². The standard InChI is InChI=1S/C27H26ClN7O/c1-17(34-26-23-25(31-15-30-23)32-16-33-26)20-14-21(28)19-8-5-11-29-22(19)24(20)35-12-9-27(36,10-13-35)18-6-3-2-4-7-18/h2-8,11,14-17,36H,9-10,12-13H2,1H3,(H2,30,31,32,33,34). The van der Waals surface area contributed by atoms with Crippen LogP contribution in [0.15, 0.2) is 67.4 Å². The van der Waals surface area contributed by atoms with Gasteiger partial charge in [-0.15, -0.1) is 0 Å². The largest absolute Gasteiger partial charge is 0.385 e. The van der Waals surface area contributed by atoms with Gasteiger partial charge in [0.25, 0.3) is 0 Å². The molecule has 8 nitrogen and oxygen atoms in total. The lowest BCUT2D eigenvalue weighted by molar-refractivity contribution is 0.0118. The number of rotatable bonds is 5. The molecule has 1 atom stereocenters. The summed E-state index contributed by atoms with van der Waals surface area (Å²) in [5.74, 6) is 0.647. The van der Waals surface area contributed by atoms with Crippen LogP contribution >= 0.6 is 11.6 Å². The van der Waals surface area contributed by atoms with Crippen LogP contribution in [0.4, 0.5) is 11.5 Å². The van der Waals surface area contributed by atoms with Crippen molar-refractivity contribution < 1.29 is 5.11 Å². The number of aromatic nitrogens is 5. The molecule has 6 rings (SSSR count). The quantitative estimate of drug-likeness (QED) is 0.305. The molecular formula is C27H26ClN7O. The Bertz CT molecular complexity index is 1530. The molecule has 4 heterocycles. The molecule has 1 aliphatic heterocycles. The van der Waals surface area contributed by atoms with E-state index in [0.29, 0.717) is 47.9 Å². The van der Waals surface area contributed by atoms with Crippen molar-refractivity contribution in [3.63, 3.8) is 0 Å². The van der Waals surface area contributed by atoms with Gasteiger partial charge in [0.05, 0.1) is 34.2 Å². The maximum atomic E-state index is 11.4. The number of hydrogen-bond acceptors (Lipinski definition) is 7. The Balaban J connectivity index is 1.38. The third-order valence-corrected chi connectivity index (χ3v) is 7.41. The van der Waals surface area contributed by atoms with Crippen LogP contribution in [-0.4, -0.2) is 43.1 Å². The van der Waals surface area contributed by atoms with Crippen LogP contribution in [0.3, 0.4) is 0 Å². The van der Waals surface area contributed by atoms with E-state index in [9.17, 15) is 5.11 Å². The molecular weight excluding hydrogens is 474 g/mol. The van der Waals surface area contributed by atoms with E-state index in [1.807, 2.05) is 48.5 Å². The van der Waals surface area contributed by atoms with Crippen LogP contribution in [0.25, 0.3) is 22.1 Å². The summed E-state index contributed by atoms with van der Waals surface area (Å²) < 4.78 is 0. The van der Waals surface area contributed by atoms with Gasteiger partial charge in [-0.05, 0) is 43.5 Å². The molecule has 3 aromatic heterocycles. The second-order valence-electron chi connectivity index (χ2n) is 9.27. The monoisotopic (exact) mass is 499 g/mol. The minimum absolute atomic E-state index is 0.145. The highest BCUT2D eigenvalue weighted by atomic mass is 35.5. The van der Waals surface area contributed by atoms with Gasteiger partial charge in [-0.2, -0.15) is 0 Å². The molecule has 1 aliphatic rings. The van der Waals surface area contributed by atoms with Crippen molar-refractivity contribution in [3.05, 3.63) is 83.5 Å². The molecule has 2 aromatic carbocycles. The molecule has 1 unspecified atom stereocenters.